The average Bonchev–Trinajstić information content (AvgIpc) is 2.29. The van der Waals surface area contributed by atoms with E-state index in [1.807, 2.05) is 0 Å². The summed E-state index contributed by atoms with van der Waals surface area (Å²) >= 11 is 0. The lowest BCUT2D eigenvalue weighted by Gasteiger charge is -2.21. The molecule has 1 rings (SSSR count). The molecule has 0 spiro atoms. The highest BCUT2D eigenvalue weighted by molar-refractivity contribution is 7.92. The number of sulfone groups is 1. The van der Waals surface area contributed by atoms with Gasteiger partial charge in [-0.3, -0.25) is 0 Å². The number of aliphatic hydroxyl groups excluding tert-OH is 1. The molecule has 4 nitrogen and oxygen atoms in total. The smallest absolute Gasteiger partial charge is 0.157 e. The third kappa shape index (κ3) is 3.24. The lowest BCUT2D eigenvalue weighted by molar-refractivity contribution is 0.277. The second-order valence-electron chi connectivity index (χ2n) is 3.75. The van der Waals surface area contributed by atoms with E-state index in [1.165, 1.54) is 25.1 Å². The molecule has 0 unspecified atom stereocenters. The van der Waals surface area contributed by atoms with Gasteiger partial charge in [-0.05, 0) is 17.7 Å². The van der Waals surface area contributed by atoms with Gasteiger partial charge < -0.3 is 10.8 Å². The fourth-order valence-electron chi connectivity index (χ4n) is 1.59. The minimum Gasteiger partial charge on any atom is -0.395 e. The summed E-state index contributed by atoms with van der Waals surface area (Å²) in [6, 6.07) is 4.50. The van der Waals surface area contributed by atoms with Gasteiger partial charge in [0.05, 0.1) is 6.61 Å². The van der Waals surface area contributed by atoms with E-state index < -0.39 is 33.6 Å². The SMILES string of the molecule is CCS(=O)(=O)[C@H](CO)[C@@H](N)c1cccc(F)c1. The predicted octanol–water partition coefficient (Wildman–Crippen LogP) is 0.621. The van der Waals surface area contributed by atoms with E-state index in [9.17, 15) is 12.8 Å². The van der Waals surface area contributed by atoms with Crippen LogP contribution < -0.4 is 5.73 Å². The summed E-state index contributed by atoms with van der Waals surface area (Å²) in [5, 5.41) is 8.04. The van der Waals surface area contributed by atoms with Crippen LogP contribution in [0.15, 0.2) is 24.3 Å². The van der Waals surface area contributed by atoms with Gasteiger partial charge in [0.15, 0.2) is 9.84 Å². The first-order chi connectivity index (χ1) is 7.92. The summed E-state index contributed by atoms with van der Waals surface area (Å²) in [4.78, 5) is 0. The molecule has 0 amide bonds. The van der Waals surface area contributed by atoms with Crippen LogP contribution in [0.5, 0.6) is 0 Å². The summed E-state index contributed by atoms with van der Waals surface area (Å²) in [6.07, 6.45) is 0. The van der Waals surface area contributed by atoms with Gasteiger partial charge in [-0.2, -0.15) is 0 Å². The van der Waals surface area contributed by atoms with Crippen LogP contribution in [0.1, 0.15) is 18.5 Å². The van der Waals surface area contributed by atoms with Crippen LogP contribution in [0, 0.1) is 5.82 Å². The Morgan fingerprint density at radius 1 is 1.47 bits per heavy atom. The van der Waals surface area contributed by atoms with Gasteiger partial charge >= 0.3 is 0 Å². The first-order valence-electron chi connectivity index (χ1n) is 5.25. The lowest BCUT2D eigenvalue weighted by atomic mass is 10.0. The molecule has 0 saturated carbocycles. The van der Waals surface area contributed by atoms with E-state index in [1.54, 1.807) is 6.07 Å². The Labute approximate surface area is 100 Å². The number of hydrogen-bond donors (Lipinski definition) is 2. The Kier molecular flexibility index (Phi) is 4.62. The number of rotatable bonds is 5. The van der Waals surface area contributed by atoms with Gasteiger partial charge in [0.2, 0.25) is 0 Å². The van der Waals surface area contributed by atoms with Crippen molar-refractivity contribution in [2.75, 3.05) is 12.4 Å². The Morgan fingerprint density at radius 2 is 2.12 bits per heavy atom. The molecule has 0 aliphatic carbocycles. The molecule has 0 aliphatic heterocycles. The molecule has 0 radical (unpaired) electrons. The number of aliphatic hydroxyl groups is 1. The molecule has 0 aromatic heterocycles. The van der Waals surface area contributed by atoms with E-state index >= 15 is 0 Å². The molecule has 0 saturated heterocycles. The van der Waals surface area contributed by atoms with Gasteiger partial charge in [-0.1, -0.05) is 19.1 Å². The van der Waals surface area contributed by atoms with Crippen molar-refractivity contribution >= 4 is 9.84 Å². The second-order valence-corrected chi connectivity index (χ2v) is 6.26. The summed E-state index contributed by atoms with van der Waals surface area (Å²) in [5.74, 6) is -0.593. The molecule has 0 heterocycles. The zero-order valence-electron chi connectivity index (χ0n) is 9.51. The molecule has 96 valence electrons. The monoisotopic (exact) mass is 261 g/mol. The van der Waals surface area contributed by atoms with Crippen molar-refractivity contribution in [2.45, 2.75) is 18.2 Å². The molecule has 6 heteroatoms. The van der Waals surface area contributed by atoms with Gasteiger partial charge in [0, 0.05) is 11.8 Å². The van der Waals surface area contributed by atoms with Crippen LogP contribution in [-0.2, 0) is 9.84 Å². The van der Waals surface area contributed by atoms with Crippen LogP contribution in [0.25, 0.3) is 0 Å². The van der Waals surface area contributed by atoms with Crippen LogP contribution >= 0.6 is 0 Å². The molecule has 0 bridgehead atoms. The Balaban J connectivity index is 3.06. The highest BCUT2D eigenvalue weighted by atomic mass is 32.2. The fourth-order valence-corrected chi connectivity index (χ4v) is 2.85. The number of hydrogen-bond acceptors (Lipinski definition) is 4. The third-order valence-corrected chi connectivity index (χ3v) is 4.85. The van der Waals surface area contributed by atoms with Gasteiger partial charge in [0.25, 0.3) is 0 Å². The standard InChI is InChI=1S/C11H16FNO3S/c1-2-17(15,16)10(7-14)11(13)8-4-3-5-9(12)6-8/h3-6,10-11,14H,2,7,13H2,1H3/t10-,11+/m1/s1. The average molecular weight is 261 g/mol. The van der Waals surface area contributed by atoms with E-state index in [0.717, 1.165) is 0 Å². The van der Waals surface area contributed by atoms with E-state index in [-0.39, 0.29) is 5.75 Å². The Hall–Kier alpha value is -0.980. The Bertz CT molecular complexity index is 475. The van der Waals surface area contributed by atoms with E-state index in [4.69, 9.17) is 10.8 Å². The van der Waals surface area contributed by atoms with Crippen molar-refractivity contribution in [3.63, 3.8) is 0 Å². The molecule has 1 aromatic carbocycles. The van der Waals surface area contributed by atoms with Crippen molar-refractivity contribution in [2.24, 2.45) is 5.73 Å². The predicted molar refractivity (Wildman–Crippen MR) is 63.7 cm³/mol. The second kappa shape index (κ2) is 5.57. The normalized spacial score (nSPS) is 15.5. The quantitative estimate of drug-likeness (QED) is 0.814. The minimum atomic E-state index is -3.47. The zero-order chi connectivity index (χ0) is 13.1. The summed E-state index contributed by atoms with van der Waals surface area (Å²) in [5.41, 5.74) is 6.14. The van der Waals surface area contributed by atoms with Gasteiger partial charge in [0.1, 0.15) is 11.1 Å². The molecule has 17 heavy (non-hydrogen) atoms. The van der Waals surface area contributed by atoms with E-state index in [2.05, 4.69) is 0 Å². The molecule has 1 aromatic rings. The molecule has 3 N–H and O–H groups in total. The first-order valence-corrected chi connectivity index (χ1v) is 6.97. The molecule has 2 atom stereocenters. The van der Waals surface area contributed by atoms with Crippen molar-refractivity contribution in [3.8, 4) is 0 Å². The van der Waals surface area contributed by atoms with Crippen LogP contribution in [-0.4, -0.2) is 31.1 Å². The number of nitrogens with two attached hydrogens (primary N) is 1. The van der Waals surface area contributed by atoms with Gasteiger partial charge in [-0.25, -0.2) is 12.8 Å². The molecular formula is C11H16FNO3S. The molecule has 0 aliphatic rings. The van der Waals surface area contributed by atoms with Crippen LogP contribution in [0.3, 0.4) is 0 Å². The maximum Gasteiger partial charge on any atom is 0.157 e. The Morgan fingerprint density at radius 3 is 2.59 bits per heavy atom. The third-order valence-electron chi connectivity index (χ3n) is 2.68. The summed E-state index contributed by atoms with van der Waals surface area (Å²) < 4.78 is 36.4. The molecular weight excluding hydrogens is 245 g/mol. The van der Waals surface area contributed by atoms with Crippen LogP contribution in [0.2, 0.25) is 0 Å². The van der Waals surface area contributed by atoms with Crippen molar-refractivity contribution in [1.29, 1.82) is 0 Å². The number of halogens is 1. The topological polar surface area (TPSA) is 80.4 Å². The van der Waals surface area contributed by atoms with Crippen molar-refractivity contribution in [1.82, 2.24) is 0 Å². The van der Waals surface area contributed by atoms with Gasteiger partial charge in [-0.15, -0.1) is 0 Å². The number of benzene rings is 1. The van der Waals surface area contributed by atoms with Crippen LogP contribution in [0.4, 0.5) is 4.39 Å². The fraction of sp³-hybridized carbons (Fsp3) is 0.455. The highest BCUT2D eigenvalue weighted by Crippen LogP contribution is 2.21. The summed E-state index contributed by atoms with van der Waals surface area (Å²) in [6.45, 7) is 0.907. The maximum atomic E-state index is 13.0. The lowest BCUT2D eigenvalue weighted by Crippen LogP contribution is -2.37. The minimum absolute atomic E-state index is 0.110. The summed E-state index contributed by atoms with van der Waals surface area (Å²) in [7, 11) is -3.47. The maximum absolute atomic E-state index is 13.0. The van der Waals surface area contributed by atoms with Crippen molar-refractivity contribution < 1.29 is 17.9 Å². The first kappa shape index (κ1) is 14.1. The van der Waals surface area contributed by atoms with Crippen molar-refractivity contribution in [3.05, 3.63) is 35.6 Å². The molecule has 0 fully saturated rings. The largest absolute Gasteiger partial charge is 0.395 e. The zero-order valence-corrected chi connectivity index (χ0v) is 10.3. The highest BCUT2D eigenvalue weighted by Gasteiger charge is 2.30. The van der Waals surface area contributed by atoms with E-state index in [0.29, 0.717) is 5.56 Å².